The molecular formula is C24H34FN3O. The first-order valence-electron chi connectivity index (χ1n) is 11.7. The van der Waals surface area contributed by atoms with E-state index in [0.717, 1.165) is 57.3 Å². The van der Waals surface area contributed by atoms with Gasteiger partial charge in [0.25, 0.3) is 0 Å². The number of benzene rings is 1. The van der Waals surface area contributed by atoms with Gasteiger partial charge >= 0.3 is 0 Å². The van der Waals surface area contributed by atoms with Crippen molar-refractivity contribution in [2.24, 2.45) is 5.41 Å². The number of likely N-dealkylation sites (tertiary alicyclic amines) is 1. The van der Waals surface area contributed by atoms with Gasteiger partial charge < -0.3 is 9.80 Å². The van der Waals surface area contributed by atoms with Gasteiger partial charge in [0.1, 0.15) is 5.82 Å². The molecule has 1 aliphatic carbocycles. The number of rotatable bonds is 3. The highest BCUT2D eigenvalue weighted by atomic mass is 19.1. The van der Waals surface area contributed by atoms with Gasteiger partial charge in [-0.2, -0.15) is 0 Å². The number of carbonyl (C=O) groups is 1. The van der Waals surface area contributed by atoms with Crippen LogP contribution in [0, 0.1) is 11.2 Å². The zero-order valence-corrected chi connectivity index (χ0v) is 17.7. The van der Waals surface area contributed by atoms with Crippen LogP contribution in [-0.2, 0) is 4.79 Å². The van der Waals surface area contributed by atoms with Crippen LogP contribution in [0.1, 0.15) is 64.7 Å². The first kappa shape index (κ1) is 19.3. The van der Waals surface area contributed by atoms with E-state index in [2.05, 4.69) is 16.7 Å². The van der Waals surface area contributed by atoms with Crippen molar-refractivity contribution in [2.45, 2.75) is 76.8 Å². The van der Waals surface area contributed by atoms with E-state index in [1.54, 1.807) is 11.0 Å². The van der Waals surface area contributed by atoms with Gasteiger partial charge in [-0.25, -0.2) is 4.39 Å². The Kier molecular flexibility index (Phi) is 5.05. The van der Waals surface area contributed by atoms with Crippen LogP contribution < -0.4 is 9.80 Å². The Morgan fingerprint density at radius 2 is 1.83 bits per heavy atom. The molecule has 3 aliphatic heterocycles. The summed E-state index contributed by atoms with van der Waals surface area (Å²) >= 11 is 0. The predicted octanol–water partition coefficient (Wildman–Crippen LogP) is 4.58. The first-order chi connectivity index (χ1) is 14.1. The van der Waals surface area contributed by atoms with Gasteiger partial charge in [-0.3, -0.25) is 9.69 Å². The van der Waals surface area contributed by atoms with E-state index < -0.39 is 0 Å². The van der Waals surface area contributed by atoms with Crippen molar-refractivity contribution in [3.63, 3.8) is 0 Å². The third-order valence-corrected chi connectivity index (χ3v) is 8.15. The molecule has 3 saturated heterocycles. The number of nitrogens with zero attached hydrogens (tertiary/aromatic N) is 3. The molecule has 158 valence electrons. The molecule has 1 saturated carbocycles. The summed E-state index contributed by atoms with van der Waals surface area (Å²) < 4.78 is 15.1. The summed E-state index contributed by atoms with van der Waals surface area (Å²) in [5.74, 6) is -0.0881. The van der Waals surface area contributed by atoms with Crippen LogP contribution in [0.5, 0.6) is 0 Å². The molecule has 4 fully saturated rings. The molecule has 2 atom stereocenters. The maximum atomic E-state index is 15.1. The molecule has 0 radical (unpaired) electrons. The van der Waals surface area contributed by atoms with E-state index >= 15 is 4.39 Å². The van der Waals surface area contributed by atoms with Crippen molar-refractivity contribution >= 4 is 17.3 Å². The number of amides is 1. The fourth-order valence-electron chi connectivity index (χ4n) is 6.40. The monoisotopic (exact) mass is 399 g/mol. The fraction of sp³-hybridized carbons (Fsp3) is 0.708. The molecule has 1 aromatic carbocycles. The van der Waals surface area contributed by atoms with E-state index in [4.69, 9.17) is 0 Å². The van der Waals surface area contributed by atoms with E-state index in [-0.39, 0.29) is 17.1 Å². The molecule has 5 heteroatoms. The lowest BCUT2D eigenvalue weighted by molar-refractivity contribution is -0.127. The van der Waals surface area contributed by atoms with Gasteiger partial charge in [0.05, 0.1) is 11.1 Å². The average molecular weight is 400 g/mol. The van der Waals surface area contributed by atoms with Crippen molar-refractivity contribution in [1.82, 2.24) is 4.90 Å². The van der Waals surface area contributed by atoms with Crippen LogP contribution in [0.2, 0.25) is 0 Å². The quantitative estimate of drug-likeness (QED) is 0.745. The number of hydrogen-bond donors (Lipinski definition) is 0. The lowest BCUT2D eigenvalue weighted by atomic mass is 9.73. The zero-order valence-electron chi connectivity index (χ0n) is 17.7. The molecule has 5 rings (SSSR count). The van der Waals surface area contributed by atoms with Gasteiger partial charge in [0, 0.05) is 37.4 Å². The average Bonchev–Trinajstić information content (AvgIpc) is 3.44. The third kappa shape index (κ3) is 3.35. The maximum absolute atomic E-state index is 15.1. The van der Waals surface area contributed by atoms with Crippen molar-refractivity contribution < 1.29 is 9.18 Å². The summed E-state index contributed by atoms with van der Waals surface area (Å²) in [5.41, 5.74) is 1.22. The van der Waals surface area contributed by atoms with Crippen LogP contribution in [0.15, 0.2) is 18.2 Å². The molecule has 3 heterocycles. The molecule has 0 N–H and O–H groups in total. The van der Waals surface area contributed by atoms with E-state index in [0.29, 0.717) is 24.3 Å². The molecule has 1 amide bonds. The molecule has 4 nitrogen and oxygen atoms in total. The standard InChI is InChI=1S/C24H34FN3O/c1-18-6-5-13-27(18)20-9-14-26(17-20)19-7-8-22(21(25)16-19)28-15-12-24(23(28)29)10-3-2-4-11-24/h7-8,16,18,20H,2-6,9-15,17H2,1H3/t18-,20-/m0/s1. The van der Waals surface area contributed by atoms with E-state index in [1.165, 1.54) is 25.8 Å². The number of hydrogen-bond acceptors (Lipinski definition) is 3. The van der Waals surface area contributed by atoms with Crippen LogP contribution in [-0.4, -0.2) is 49.1 Å². The number of anilines is 2. The Balaban J connectivity index is 1.29. The lowest BCUT2D eigenvalue weighted by Gasteiger charge is -2.31. The van der Waals surface area contributed by atoms with Crippen LogP contribution in [0.25, 0.3) is 0 Å². The van der Waals surface area contributed by atoms with Crippen LogP contribution in [0.4, 0.5) is 15.8 Å². The SMILES string of the molecule is C[C@H]1CCCN1[C@H]1CCN(c2ccc(N3CCC4(CCCCC4)C3=O)c(F)c2)C1. The van der Waals surface area contributed by atoms with Crippen molar-refractivity contribution in [3.8, 4) is 0 Å². The van der Waals surface area contributed by atoms with Crippen LogP contribution >= 0.6 is 0 Å². The Morgan fingerprint density at radius 1 is 1.00 bits per heavy atom. The molecule has 0 aromatic heterocycles. The molecule has 29 heavy (non-hydrogen) atoms. The Labute approximate surface area is 174 Å². The van der Waals surface area contributed by atoms with E-state index in [9.17, 15) is 4.79 Å². The van der Waals surface area contributed by atoms with Gasteiger partial charge in [-0.15, -0.1) is 0 Å². The van der Waals surface area contributed by atoms with Crippen LogP contribution in [0.3, 0.4) is 0 Å². The summed E-state index contributed by atoms with van der Waals surface area (Å²) in [6.07, 6.45) is 10.1. The minimum Gasteiger partial charge on any atom is -0.370 e. The second-order valence-corrected chi connectivity index (χ2v) is 9.80. The molecule has 1 spiro atoms. The topological polar surface area (TPSA) is 26.8 Å². The summed E-state index contributed by atoms with van der Waals surface area (Å²) in [5, 5.41) is 0. The normalized spacial score (nSPS) is 30.1. The lowest BCUT2D eigenvalue weighted by Crippen LogP contribution is -2.39. The van der Waals surface area contributed by atoms with E-state index in [1.807, 2.05) is 12.1 Å². The number of carbonyl (C=O) groups excluding carboxylic acids is 1. The third-order valence-electron chi connectivity index (χ3n) is 8.15. The molecule has 4 aliphatic rings. The Morgan fingerprint density at radius 3 is 2.55 bits per heavy atom. The smallest absolute Gasteiger partial charge is 0.233 e. The second kappa shape index (κ2) is 7.57. The zero-order chi connectivity index (χ0) is 20.0. The Hall–Kier alpha value is -1.62. The van der Waals surface area contributed by atoms with Crippen molar-refractivity contribution in [1.29, 1.82) is 0 Å². The highest BCUT2D eigenvalue weighted by Gasteiger charge is 2.47. The van der Waals surface area contributed by atoms with Gasteiger partial charge in [-0.1, -0.05) is 19.3 Å². The van der Waals surface area contributed by atoms with Crippen molar-refractivity contribution in [2.75, 3.05) is 36.0 Å². The Bertz CT molecular complexity index is 775. The second-order valence-electron chi connectivity index (χ2n) is 9.80. The molecular weight excluding hydrogens is 365 g/mol. The highest BCUT2D eigenvalue weighted by Crippen LogP contribution is 2.46. The molecule has 1 aromatic rings. The number of halogens is 1. The predicted molar refractivity (Wildman–Crippen MR) is 115 cm³/mol. The van der Waals surface area contributed by atoms with Gasteiger partial charge in [0.2, 0.25) is 5.91 Å². The summed E-state index contributed by atoms with van der Waals surface area (Å²) in [4.78, 5) is 19.8. The molecule has 0 unspecified atom stereocenters. The van der Waals surface area contributed by atoms with Gasteiger partial charge in [0.15, 0.2) is 0 Å². The van der Waals surface area contributed by atoms with Crippen molar-refractivity contribution in [3.05, 3.63) is 24.0 Å². The largest absolute Gasteiger partial charge is 0.370 e. The summed E-state index contributed by atoms with van der Waals surface area (Å²) in [6, 6.07) is 6.78. The van der Waals surface area contributed by atoms with Gasteiger partial charge in [-0.05, 0) is 70.2 Å². The maximum Gasteiger partial charge on any atom is 0.233 e. The highest BCUT2D eigenvalue weighted by molar-refractivity contribution is 6.00. The first-order valence-corrected chi connectivity index (χ1v) is 11.7. The minimum atomic E-state index is -0.248. The molecule has 0 bridgehead atoms. The summed E-state index contributed by atoms with van der Waals surface area (Å²) in [6.45, 7) is 6.16. The minimum absolute atomic E-state index is 0.160. The fourth-order valence-corrected chi connectivity index (χ4v) is 6.40. The summed E-state index contributed by atoms with van der Waals surface area (Å²) in [7, 11) is 0.